The van der Waals surface area contributed by atoms with E-state index in [1.165, 1.54) is 53.1 Å². The molecule has 0 fully saturated rings. The predicted octanol–water partition coefficient (Wildman–Crippen LogP) is 3.83. The summed E-state index contributed by atoms with van der Waals surface area (Å²) in [6.07, 6.45) is -3.63. The standard InChI is InChI=1S/C45H67F3N6O9/c1-13-25(5)37-28(8)34(55)20-15-27(7)44(62)63-35(21-24(3)4)40(58)50-30(10)42(60)54(12)33(22-31-16-18-32(19-17-31)45(46,47)48)43(61)53(11)23-36(56)51-38(26(6)14-2)41(59)49-29(9)39(57)52-37/h13,15-19,24,26,28-30,33-35,37-38,55H,14,20-23H2,1-12H3,(H,49,59)(H,50,58)(H,51,56)(H,52,57)/b25-13+,27-15+/t26?,28-,29+,30-,33+,34-,35+,37+,38-/m0/s1. The topological polar surface area (TPSA) is 204 Å². The average molecular weight is 893 g/mol. The first-order valence-corrected chi connectivity index (χ1v) is 21.3. The lowest BCUT2D eigenvalue weighted by Crippen LogP contribution is -2.58. The van der Waals surface area contributed by atoms with Crippen LogP contribution < -0.4 is 21.3 Å². The monoisotopic (exact) mass is 892 g/mol. The number of carbonyl (C=O) groups is 7. The molecule has 5 N–H and O–H groups in total. The van der Waals surface area contributed by atoms with E-state index in [2.05, 4.69) is 21.3 Å². The van der Waals surface area contributed by atoms with Crippen LogP contribution in [0.3, 0.4) is 0 Å². The Balaban J connectivity index is 2.66. The van der Waals surface area contributed by atoms with Crippen molar-refractivity contribution < 1.29 is 56.6 Å². The molecule has 0 aliphatic carbocycles. The lowest BCUT2D eigenvalue weighted by molar-refractivity contribution is -0.154. The van der Waals surface area contributed by atoms with Crippen LogP contribution in [-0.2, 0) is 50.9 Å². The summed E-state index contributed by atoms with van der Waals surface area (Å²) in [6.45, 7) is 16.1. The number of esters is 1. The molecule has 63 heavy (non-hydrogen) atoms. The maximum absolute atomic E-state index is 14.2. The van der Waals surface area contributed by atoms with Crippen LogP contribution in [0.2, 0.25) is 0 Å². The Kier molecular flexibility index (Phi) is 20.5. The van der Waals surface area contributed by atoms with Crippen molar-refractivity contribution >= 4 is 41.4 Å². The summed E-state index contributed by atoms with van der Waals surface area (Å²) in [4.78, 5) is 98.0. The molecular weight excluding hydrogens is 826 g/mol. The molecular formula is C45H67F3N6O9. The van der Waals surface area contributed by atoms with E-state index in [4.69, 9.17) is 4.74 Å². The average Bonchev–Trinajstić information content (AvgIpc) is 3.22. The third-order valence-corrected chi connectivity index (χ3v) is 11.5. The summed E-state index contributed by atoms with van der Waals surface area (Å²) in [5, 5.41) is 22.0. The smallest absolute Gasteiger partial charge is 0.416 e. The van der Waals surface area contributed by atoms with Gasteiger partial charge in [0.2, 0.25) is 29.5 Å². The summed E-state index contributed by atoms with van der Waals surface area (Å²) in [6, 6.07) is -1.62. The van der Waals surface area contributed by atoms with Gasteiger partial charge in [0.1, 0.15) is 24.2 Å². The van der Waals surface area contributed by atoms with Crippen LogP contribution in [-0.4, -0.2) is 119 Å². The van der Waals surface area contributed by atoms with Gasteiger partial charge in [-0.15, -0.1) is 0 Å². The highest BCUT2D eigenvalue weighted by Crippen LogP contribution is 2.29. The number of cyclic esters (lactones) is 1. The van der Waals surface area contributed by atoms with Gasteiger partial charge in [-0.25, -0.2) is 4.79 Å². The molecule has 1 aliphatic rings. The number of amides is 6. The highest BCUT2D eigenvalue weighted by Gasteiger charge is 2.37. The maximum atomic E-state index is 14.2. The fraction of sp³-hybridized carbons (Fsp3) is 0.622. The zero-order chi connectivity index (χ0) is 48.1. The molecule has 1 heterocycles. The van der Waals surface area contributed by atoms with E-state index in [0.717, 1.165) is 21.9 Å². The van der Waals surface area contributed by atoms with Gasteiger partial charge >= 0.3 is 12.1 Å². The molecule has 0 saturated heterocycles. The number of hydrogen-bond acceptors (Lipinski definition) is 9. The molecule has 9 atom stereocenters. The highest BCUT2D eigenvalue weighted by atomic mass is 19.4. The van der Waals surface area contributed by atoms with Gasteiger partial charge in [0.25, 0.3) is 5.91 Å². The van der Waals surface area contributed by atoms with E-state index in [1.54, 1.807) is 54.5 Å². The van der Waals surface area contributed by atoms with Crippen molar-refractivity contribution in [3.8, 4) is 0 Å². The van der Waals surface area contributed by atoms with E-state index in [0.29, 0.717) is 12.0 Å². The number of nitrogens with zero attached hydrogens (tertiary/aromatic N) is 2. The third kappa shape index (κ3) is 15.8. The molecule has 1 unspecified atom stereocenters. The van der Waals surface area contributed by atoms with E-state index in [-0.39, 0.29) is 36.3 Å². The number of aliphatic hydroxyl groups is 1. The van der Waals surface area contributed by atoms with Gasteiger partial charge in [-0.1, -0.05) is 70.9 Å². The van der Waals surface area contributed by atoms with E-state index in [1.807, 2.05) is 0 Å². The molecule has 0 bridgehead atoms. The zero-order valence-electron chi connectivity index (χ0n) is 38.5. The van der Waals surface area contributed by atoms with Gasteiger partial charge in [0, 0.05) is 32.0 Å². The highest BCUT2D eigenvalue weighted by molar-refractivity contribution is 5.96. The van der Waals surface area contributed by atoms with Crippen molar-refractivity contribution in [3.05, 3.63) is 58.7 Å². The quantitative estimate of drug-likeness (QED) is 0.199. The van der Waals surface area contributed by atoms with Crippen molar-refractivity contribution in [1.82, 2.24) is 31.1 Å². The van der Waals surface area contributed by atoms with Gasteiger partial charge in [-0.2, -0.15) is 13.2 Å². The van der Waals surface area contributed by atoms with Gasteiger partial charge in [-0.05, 0) is 77.0 Å². The molecule has 0 spiro atoms. The fourth-order valence-corrected chi connectivity index (χ4v) is 6.90. The summed E-state index contributed by atoms with van der Waals surface area (Å²) in [7, 11) is 2.56. The minimum absolute atomic E-state index is 0.0332. The van der Waals surface area contributed by atoms with Crippen molar-refractivity contribution in [3.63, 3.8) is 0 Å². The first-order chi connectivity index (χ1) is 29.2. The minimum atomic E-state index is -4.63. The van der Waals surface area contributed by atoms with Crippen LogP contribution in [0, 0.1) is 17.8 Å². The molecule has 15 nitrogen and oxygen atoms in total. The Morgan fingerprint density at radius 2 is 1.48 bits per heavy atom. The first kappa shape index (κ1) is 53.9. The first-order valence-electron chi connectivity index (χ1n) is 21.3. The number of halogens is 3. The van der Waals surface area contributed by atoms with E-state index < -0.39 is 114 Å². The molecule has 1 aliphatic heterocycles. The molecule has 2 rings (SSSR count). The van der Waals surface area contributed by atoms with E-state index >= 15 is 0 Å². The Labute approximate surface area is 369 Å². The molecule has 0 saturated carbocycles. The molecule has 1 aromatic carbocycles. The van der Waals surface area contributed by atoms with Crippen LogP contribution in [0.15, 0.2) is 47.6 Å². The summed E-state index contributed by atoms with van der Waals surface area (Å²) in [5.74, 6) is -6.40. The second-order valence-electron chi connectivity index (χ2n) is 17.0. The van der Waals surface area contributed by atoms with Gasteiger partial charge in [-0.3, -0.25) is 28.8 Å². The predicted molar refractivity (Wildman–Crippen MR) is 230 cm³/mol. The Bertz CT molecular complexity index is 1850. The lowest BCUT2D eigenvalue weighted by Gasteiger charge is -2.33. The SMILES string of the molecule is C/C=C(\C)[C@H]1NC(=O)[C@@H](C)NC(=O)[C@H](C(C)CC)NC(=O)CN(C)C(=O)[C@@H](Cc2ccc(C(F)(F)F)cc2)N(C)C(=O)[C@H](C)NC(=O)[C@@H](CC(C)C)OC(=O)/C(C)=C/C[C@H](O)[C@@H]1C. The second-order valence-corrected chi connectivity index (χ2v) is 17.0. The van der Waals surface area contributed by atoms with Crippen LogP contribution in [0.5, 0.6) is 0 Å². The largest absolute Gasteiger partial charge is 0.449 e. The number of allylic oxidation sites excluding steroid dienone is 1. The van der Waals surface area contributed by atoms with Crippen molar-refractivity contribution in [2.75, 3.05) is 20.6 Å². The molecule has 0 aromatic heterocycles. The number of aliphatic hydroxyl groups excluding tert-OH is 1. The number of ether oxygens (including phenoxy) is 1. The Morgan fingerprint density at radius 1 is 0.889 bits per heavy atom. The molecule has 18 heteroatoms. The molecule has 352 valence electrons. The van der Waals surface area contributed by atoms with Gasteiger partial charge in [0.05, 0.1) is 24.3 Å². The summed E-state index contributed by atoms with van der Waals surface area (Å²) < 4.78 is 45.8. The Morgan fingerprint density at radius 3 is 2.02 bits per heavy atom. The normalized spacial score (nSPS) is 28.0. The van der Waals surface area contributed by atoms with Crippen molar-refractivity contribution in [1.29, 1.82) is 0 Å². The van der Waals surface area contributed by atoms with Crippen LogP contribution in [0.4, 0.5) is 13.2 Å². The van der Waals surface area contributed by atoms with Crippen molar-refractivity contribution in [2.24, 2.45) is 17.8 Å². The molecule has 6 amide bonds. The van der Waals surface area contributed by atoms with Crippen LogP contribution >= 0.6 is 0 Å². The minimum Gasteiger partial charge on any atom is -0.449 e. The number of rotatable bonds is 7. The zero-order valence-corrected chi connectivity index (χ0v) is 38.5. The number of nitrogens with one attached hydrogen (secondary N) is 4. The number of alkyl halides is 3. The molecule has 0 radical (unpaired) electrons. The number of likely N-dealkylation sites (N-methyl/N-ethyl adjacent to an activating group) is 2. The van der Waals surface area contributed by atoms with Crippen LogP contribution in [0.1, 0.15) is 99.6 Å². The number of carbonyl (C=O) groups excluding carboxylic acids is 7. The molecule has 1 aromatic rings. The lowest BCUT2D eigenvalue weighted by atomic mass is 9.88. The number of benzene rings is 1. The second kappa shape index (κ2) is 24.0. The Hall–Kier alpha value is -5.26. The van der Waals surface area contributed by atoms with Crippen molar-refractivity contribution in [2.45, 2.75) is 144 Å². The van der Waals surface area contributed by atoms with Gasteiger partial charge in [0.15, 0.2) is 6.10 Å². The third-order valence-electron chi connectivity index (χ3n) is 11.5. The number of hydrogen-bond donors (Lipinski definition) is 5. The van der Waals surface area contributed by atoms with Crippen LogP contribution in [0.25, 0.3) is 0 Å². The maximum Gasteiger partial charge on any atom is 0.416 e. The summed E-state index contributed by atoms with van der Waals surface area (Å²) in [5.41, 5.74) is 0.130. The summed E-state index contributed by atoms with van der Waals surface area (Å²) >= 11 is 0. The van der Waals surface area contributed by atoms with E-state index in [9.17, 15) is 51.8 Å². The fourth-order valence-electron chi connectivity index (χ4n) is 6.90. The van der Waals surface area contributed by atoms with Gasteiger partial charge < -0.3 is 40.9 Å².